The second-order valence-corrected chi connectivity index (χ2v) is 10.5. The van der Waals surface area contributed by atoms with Crippen LogP contribution in [-0.4, -0.2) is 76.2 Å². The molecule has 1 aromatic carbocycles. The van der Waals surface area contributed by atoms with Gasteiger partial charge >= 0.3 is 6.18 Å². The van der Waals surface area contributed by atoms with Crippen LogP contribution in [0.5, 0.6) is 0 Å². The molecule has 0 spiro atoms. The highest BCUT2D eigenvalue weighted by atomic mass is 32.1. The molecule has 1 saturated heterocycles. The third-order valence-electron chi connectivity index (χ3n) is 7.46. The van der Waals surface area contributed by atoms with Crippen molar-refractivity contribution < 1.29 is 18.0 Å². The molecule has 1 atom stereocenters. The Bertz CT molecular complexity index is 1530. The van der Waals surface area contributed by atoms with Crippen LogP contribution in [0.4, 0.5) is 24.8 Å². The number of carbonyl (C=O) groups excluding carboxylic acids is 1. The van der Waals surface area contributed by atoms with Crippen LogP contribution in [0.1, 0.15) is 41.6 Å². The average Bonchev–Trinajstić information content (AvgIpc) is 2.99. The summed E-state index contributed by atoms with van der Waals surface area (Å²) in [6.45, 7) is 2.62. The average molecular weight is 613 g/mol. The fourth-order valence-electron chi connectivity index (χ4n) is 5.24. The van der Waals surface area contributed by atoms with E-state index in [4.69, 9.17) is 0 Å². The highest BCUT2D eigenvalue weighted by Crippen LogP contribution is 2.27. The zero-order valence-corrected chi connectivity index (χ0v) is 24.9. The Morgan fingerprint density at radius 2 is 1.84 bits per heavy atom. The first-order valence-electron chi connectivity index (χ1n) is 13.9. The summed E-state index contributed by atoms with van der Waals surface area (Å²) in [6, 6.07) is 13.3. The molecular weight excluding hydrogens is 577 g/mol. The van der Waals surface area contributed by atoms with Crippen LogP contribution in [0.3, 0.4) is 0 Å². The van der Waals surface area contributed by atoms with Gasteiger partial charge in [-0.05, 0) is 36.6 Å². The zero-order valence-electron chi connectivity index (χ0n) is 23.9. The topological polar surface area (TPSA) is 108 Å². The molecule has 3 aromatic heterocycles. The number of fused-ring (bicyclic) bond motifs is 1. The Balaban J connectivity index is 0.00000423. The second-order valence-electron chi connectivity index (χ2n) is 10.5. The van der Waals surface area contributed by atoms with E-state index in [9.17, 15) is 18.0 Å². The van der Waals surface area contributed by atoms with Crippen molar-refractivity contribution in [2.75, 3.05) is 43.9 Å². The molecule has 228 valence electrons. The van der Waals surface area contributed by atoms with E-state index in [0.29, 0.717) is 55.4 Å². The molecule has 4 aromatic rings. The Labute approximate surface area is 255 Å². The molecule has 1 aliphatic rings. The minimum absolute atomic E-state index is 0. The van der Waals surface area contributed by atoms with E-state index in [1.54, 1.807) is 25.5 Å². The summed E-state index contributed by atoms with van der Waals surface area (Å²) in [5, 5.41) is 10.2. The molecule has 0 unspecified atom stereocenters. The molecule has 1 fully saturated rings. The monoisotopic (exact) mass is 612 g/mol. The molecule has 0 aliphatic carbocycles. The smallest absolute Gasteiger partial charge is 0.369 e. The summed E-state index contributed by atoms with van der Waals surface area (Å²) >= 11 is 0. The van der Waals surface area contributed by atoms with Crippen molar-refractivity contribution in [3.8, 4) is 11.3 Å². The van der Waals surface area contributed by atoms with Gasteiger partial charge < -0.3 is 16.0 Å². The molecule has 4 heterocycles. The number of hydrogen-bond donors (Lipinski definition) is 3. The number of carbonyl (C=O) groups is 1. The van der Waals surface area contributed by atoms with Crippen LogP contribution in [0.15, 0.2) is 61.2 Å². The van der Waals surface area contributed by atoms with E-state index in [1.165, 1.54) is 11.2 Å². The molecule has 5 rings (SSSR count). The summed E-state index contributed by atoms with van der Waals surface area (Å²) in [6.07, 6.45) is 1.97. The van der Waals surface area contributed by atoms with Gasteiger partial charge in [0.15, 0.2) is 0 Å². The van der Waals surface area contributed by atoms with Crippen LogP contribution in [0, 0.1) is 0 Å². The van der Waals surface area contributed by atoms with E-state index in [1.807, 2.05) is 36.4 Å². The van der Waals surface area contributed by atoms with Crippen LogP contribution in [-0.2, 0) is 0 Å². The molecule has 1 aliphatic heterocycles. The van der Waals surface area contributed by atoms with Gasteiger partial charge in [-0.25, -0.2) is 15.0 Å². The number of benzene rings is 1. The molecule has 9 nitrogen and oxygen atoms in total. The summed E-state index contributed by atoms with van der Waals surface area (Å²) in [5.74, 6) is 1.27. The van der Waals surface area contributed by atoms with Crippen LogP contribution >= 0.6 is 13.5 Å². The van der Waals surface area contributed by atoms with Crippen molar-refractivity contribution in [2.45, 2.75) is 37.9 Å². The summed E-state index contributed by atoms with van der Waals surface area (Å²) in [4.78, 5) is 31.6. The van der Waals surface area contributed by atoms with E-state index in [0.717, 1.165) is 22.0 Å². The van der Waals surface area contributed by atoms with Gasteiger partial charge in [0.25, 0.3) is 5.91 Å². The lowest BCUT2D eigenvalue weighted by Crippen LogP contribution is -2.43. The number of nitrogens with zero attached hydrogens (tertiary/aromatic N) is 5. The highest BCUT2D eigenvalue weighted by molar-refractivity contribution is 7.59. The van der Waals surface area contributed by atoms with Crippen molar-refractivity contribution in [1.82, 2.24) is 30.2 Å². The molecule has 43 heavy (non-hydrogen) atoms. The fraction of sp³-hybridized carbons (Fsp3) is 0.367. The standard InChI is InChI=1S/C30H33F3N8O.H2S/c1-19(22-4-3-5-23-24(29(42)34-2)8-11-35-28(22)23)15-36-27-14-25(38-18-39-27)20-6-7-26(37-16-20)40-21-9-12-41(13-10-21)17-30(31,32)33;/h3-8,11,14,16,18-19,21H,9-10,12-13,15,17H2,1-2H3,(H,34,42)(H,37,40)(H,36,38,39);1H2/t19-;/m1./s1. The van der Waals surface area contributed by atoms with Crippen LogP contribution < -0.4 is 16.0 Å². The maximum atomic E-state index is 12.6. The number of likely N-dealkylation sites (tertiary alicyclic amines) is 1. The van der Waals surface area contributed by atoms with Crippen LogP contribution in [0.2, 0.25) is 0 Å². The van der Waals surface area contributed by atoms with Gasteiger partial charge in [-0.2, -0.15) is 26.7 Å². The summed E-state index contributed by atoms with van der Waals surface area (Å²) in [5.41, 5.74) is 3.94. The largest absolute Gasteiger partial charge is 0.401 e. The molecule has 0 radical (unpaired) electrons. The van der Waals surface area contributed by atoms with Gasteiger partial charge in [-0.3, -0.25) is 14.7 Å². The van der Waals surface area contributed by atoms with Crippen molar-refractivity contribution in [3.63, 3.8) is 0 Å². The van der Waals surface area contributed by atoms with E-state index in [2.05, 4.69) is 42.8 Å². The second kappa shape index (κ2) is 14.0. The van der Waals surface area contributed by atoms with Gasteiger partial charge in [-0.15, -0.1) is 0 Å². The van der Waals surface area contributed by atoms with Gasteiger partial charge in [0.1, 0.15) is 18.0 Å². The lowest BCUT2D eigenvalue weighted by atomic mass is 9.96. The number of rotatable bonds is 9. The van der Waals surface area contributed by atoms with E-state index in [-0.39, 0.29) is 31.4 Å². The maximum Gasteiger partial charge on any atom is 0.401 e. The van der Waals surface area contributed by atoms with Crippen molar-refractivity contribution in [2.24, 2.45) is 0 Å². The number of amides is 1. The Morgan fingerprint density at radius 3 is 2.53 bits per heavy atom. The first-order valence-corrected chi connectivity index (χ1v) is 13.9. The third-order valence-corrected chi connectivity index (χ3v) is 7.46. The number of para-hydroxylation sites is 1. The molecular formula is C30H35F3N8OS. The van der Waals surface area contributed by atoms with Gasteiger partial charge in [0, 0.05) is 68.1 Å². The van der Waals surface area contributed by atoms with Gasteiger partial charge in [0.05, 0.1) is 23.3 Å². The Kier molecular flexibility index (Phi) is 10.4. The quantitative estimate of drug-likeness (QED) is 0.236. The third kappa shape index (κ3) is 8.11. The predicted molar refractivity (Wildman–Crippen MR) is 167 cm³/mol. The Morgan fingerprint density at radius 1 is 1.05 bits per heavy atom. The van der Waals surface area contributed by atoms with E-state index < -0.39 is 12.7 Å². The lowest BCUT2D eigenvalue weighted by Gasteiger charge is -2.32. The Hall–Kier alpha value is -3.97. The summed E-state index contributed by atoms with van der Waals surface area (Å²) < 4.78 is 37.9. The minimum Gasteiger partial charge on any atom is -0.369 e. The first kappa shape index (κ1) is 32.0. The van der Waals surface area contributed by atoms with E-state index >= 15 is 0 Å². The first-order chi connectivity index (χ1) is 20.2. The minimum atomic E-state index is -4.17. The molecule has 1 amide bonds. The number of pyridine rings is 2. The van der Waals surface area contributed by atoms with Crippen LogP contribution in [0.25, 0.3) is 22.2 Å². The lowest BCUT2D eigenvalue weighted by molar-refractivity contribution is -0.147. The molecule has 3 N–H and O–H groups in total. The fourth-order valence-corrected chi connectivity index (χ4v) is 5.24. The number of piperidine rings is 1. The van der Waals surface area contributed by atoms with Crippen molar-refractivity contribution in [1.29, 1.82) is 0 Å². The SMILES string of the molecule is CNC(=O)c1ccnc2c([C@H](C)CNc3cc(-c4ccc(NC5CCN(CC(F)(F)F)CC5)nc4)ncn3)cccc12.S. The predicted octanol–water partition coefficient (Wildman–Crippen LogP) is 5.21. The number of aromatic nitrogens is 4. The number of anilines is 2. The number of hydrogen-bond acceptors (Lipinski definition) is 8. The van der Waals surface area contributed by atoms with Gasteiger partial charge in [-0.1, -0.05) is 25.1 Å². The normalized spacial score (nSPS) is 15.0. The molecule has 0 saturated carbocycles. The maximum absolute atomic E-state index is 12.6. The number of alkyl halides is 3. The zero-order chi connectivity index (χ0) is 29.7. The van der Waals surface area contributed by atoms with Crippen molar-refractivity contribution >= 4 is 41.9 Å². The molecule has 13 heteroatoms. The van der Waals surface area contributed by atoms with Crippen molar-refractivity contribution in [3.05, 3.63) is 72.3 Å². The molecule has 0 bridgehead atoms. The highest BCUT2D eigenvalue weighted by Gasteiger charge is 2.32. The number of halogens is 3. The van der Waals surface area contributed by atoms with Gasteiger partial charge in [0.2, 0.25) is 0 Å². The summed E-state index contributed by atoms with van der Waals surface area (Å²) in [7, 11) is 1.61. The number of nitrogens with one attached hydrogen (secondary N) is 3.